The predicted octanol–water partition coefficient (Wildman–Crippen LogP) is 1.96. The number of carbonyl (C=O) groups excluding carboxylic acids is 1. The van der Waals surface area contributed by atoms with Gasteiger partial charge in [-0.05, 0) is 12.1 Å². The van der Waals surface area contributed by atoms with E-state index >= 15 is 0 Å². The van der Waals surface area contributed by atoms with Crippen LogP contribution in [-0.4, -0.2) is 13.1 Å². The quantitative estimate of drug-likeness (QED) is 0.816. The van der Waals surface area contributed by atoms with Crippen LogP contribution in [0, 0.1) is 11.6 Å². The molecule has 6 heteroatoms. The summed E-state index contributed by atoms with van der Waals surface area (Å²) in [6, 6.07) is 2.39. The molecule has 0 spiro atoms. The van der Waals surface area contributed by atoms with E-state index in [1.54, 1.807) is 0 Å². The lowest BCUT2D eigenvalue weighted by Gasteiger charge is -2.02. The molecule has 0 unspecified atom stereocenters. The molecule has 2 rings (SSSR count). The number of rotatable bonds is 2. The second-order valence-corrected chi connectivity index (χ2v) is 3.37. The Hall–Kier alpha value is -1.95. The average molecular weight is 241 g/mol. The van der Waals surface area contributed by atoms with Crippen molar-refractivity contribution < 1.29 is 22.7 Å². The first-order valence-electron chi connectivity index (χ1n) is 4.77. The number of nitrogens with two attached hydrogens (primary N) is 1. The van der Waals surface area contributed by atoms with Crippen molar-refractivity contribution in [1.82, 2.24) is 0 Å². The Balaban J connectivity index is 2.80. The average Bonchev–Trinajstić information content (AvgIpc) is 2.72. The molecule has 0 amide bonds. The van der Waals surface area contributed by atoms with Gasteiger partial charge in [-0.3, -0.25) is 0 Å². The first-order valence-corrected chi connectivity index (χ1v) is 4.77. The number of furan rings is 1. The maximum Gasteiger partial charge on any atom is 0.344 e. The van der Waals surface area contributed by atoms with E-state index < -0.39 is 23.2 Å². The van der Waals surface area contributed by atoms with Crippen molar-refractivity contribution in [1.29, 1.82) is 0 Å². The van der Waals surface area contributed by atoms with Crippen molar-refractivity contribution in [3.8, 4) is 0 Å². The number of carbonyl (C=O) groups is 1. The third-order valence-electron chi connectivity index (χ3n) is 2.34. The van der Waals surface area contributed by atoms with Gasteiger partial charge in [0.15, 0.2) is 17.2 Å². The topological polar surface area (TPSA) is 65.5 Å². The first kappa shape index (κ1) is 11.5. The van der Waals surface area contributed by atoms with Crippen LogP contribution in [0.15, 0.2) is 16.5 Å². The normalized spacial score (nSPS) is 10.8. The SMILES string of the molecule is COC(=O)c1c(F)c(F)cc2cc(CN)oc12. The van der Waals surface area contributed by atoms with E-state index in [0.29, 0.717) is 5.76 Å². The van der Waals surface area contributed by atoms with Crippen LogP contribution in [0.2, 0.25) is 0 Å². The van der Waals surface area contributed by atoms with Crippen LogP contribution in [0.5, 0.6) is 0 Å². The fourth-order valence-corrected chi connectivity index (χ4v) is 1.56. The van der Waals surface area contributed by atoms with Crippen molar-refractivity contribution in [3.05, 3.63) is 35.1 Å². The predicted molar refractivity (Wildman–Crippen MR) is 55.4 cm³/mol. The minimum Gasteiger partial charge on any atom is -0.465 e. The van der Waals surface area contributed by atoms with E-state index in [9.17, 15) is 13.6 Å². The van der Waals surface area contributed by atoms with Crippen molar-refractivity contribution in [2.24, 2.45) is 5.73 Å². The van der Waals surface area contributed by atoms with Crippen LogP contribution in [0.4, 0.5) is 8.78 Å². The van der Waals surface area contributed by atoms with Gasteiger partial charge in [-0.15, -0.1) is 0 Å². The summed E-state index contributed by atoms with van der Waals surface area (Å²) in [5.41, 5.74) is 4.74. The van der Waals surface area contributed by atoms with Crippen molar-refractivity contribution in [2.45, 2.75) is 6.54 Å². The number of hydrogen-bond donors (Lipinski definition) is 1. The number of methoxy groups -OCH3 is 1. The zero-order valence-electron chi connectivity index (χ0n) is 8.92. The maximum atomic E-state index is 13.5. The standard InChI is InChI=1S/C11H9F2NO3/c1-16-11(15)8-9(13)7(12)3-5-2-6(4-14)17-10(5)8/h2-3H,4,14H2,1H3. The van der Waals surface area contributed by atoms with Gasteiger partial charge in [0.25, 0.3) is 0 Å². The Kier molecular flexibility index (Phi) is 2.81. The molecular weight excluding hydrogens is 232 g/mol. The van der Waals surface area contributed by atoms with E-state index in [-0.39, 0.29) is 17.5 Å². The molecule has 0 bridgehead atoms. The van der Waals surface area contributed by atoms with Crippen LogP contribution in [0.25, 0.3) is 11.0 Å². The van der Waals surface area contributed by atoms with Crippen LogP contribution < -0.4 is 5.73 Å². The lowest BCUT2D eigenvalue weighted by molar-refractivity contribution is 0.0595. The Bertz CT molecular complexity index is 592. The molecule has 4 nitrogen and oxygen atoms in total. The Morgan fingerprint density at radius 2 is 2.18 bits per heavy atom. The van der Waals surface area contributed by atoms with Crippen molar-refractivity contribution in [3.63, 3.8) is 0 Å². The van der Waals surface area contributed by atoms with E-state index in [4.69, 9.17) is 10.2 Å². The Morgan fingerprint density at radius 1 is 1.47 bits per heavy atom. The fourth-order valence-electron chi connectivity index (χ4n) is 1.56. The second kappa shape index (κ2) is 4.14. The molecule has 0 aliphatic heterocycles. The fraction of sp³-hybridized carbons (Fsp3) is 0.182. The molecule has 0 radical (unpaired) electrons. The zero-order valence-corrected chi connectivity index (χ0v) is 8.92. The van der Waals surface area contributed by atoms with Gasteiger partial charge in [0.1, 0.15) is 11.3 Å². The number of hydrogen-bond acceptors (Lipinski definition) is 4. The third-order valence-corrected chi connectivity index (χ3v) is 2.34. The lowest BCUT2D eigenvalue weighted by atomic mass is 10.1. The summed E-state index contributed by atoms with van der Waals surface area (Å²) in [5, 5.41) is 0.268. The maximum absolute atomic E-state index is 13.5. The molecule has 0 aliphatic rings. The molecule has 0 fully saturated rings. The minimum absolute atomic E-state index is 0.0591. The molecule has 17 heavy (non-hydrogen) atoms. The van der Waals surface area contributed by atoms with Gasteiger partial charge in [-0.2, -0.15) is 0 Å². The summed E-state index contributed by atoms with van der Waals surface area (Å²) in [4.78, 5) is 11.4. The first-order chi connectivity index (χ1) is 8.08. The number of esters is 1. The molecule has 0 saturated heterocycles. The highest BCUT2D eigenvalue weighted by molar-refractivity contribution is 6.02. The van der Waals surface area contributed by atoms with Crippen LogP contribution in [-0.2, 0) is 11.3 Å². The number of halogens is 2. The van der Waals surface area contributed by atoms with Gasteiger partial charge in [0, 0.05) is 5.39 Å². The number of fused-ring (bicyclic) bond motifs is 1. The van der Waals surface area contributed by atoms with Crippen LogP contribution >= 0.6 is 0 Å². The summed E-state index contributed by atoms with van der Waals surface area (Å²) < 4.78 is 36.3. The highest BCUT2D eigenvalue weighted by Gasteiger charge is 2.23. The van der Waals surface area contributed by atoms with Gasteiger partial charge in [0.05, 0.1) is 13.7 Å². The molecular formula is C11H9F2NO3. The van der Waals surface area contributed by atoms with E-state index in [1.165, 1.54) is 6.07 Å². The molecule has 0 saturated carbocycles. The summed E-state index contributed by atoms with van der Waals surface area (Å²) in [6.07, 6.45) is 0. The van der Waals surface area contributed by atoms with E-state index in [2.05, 4.69) is 4.74 Å². The highest BCUT2D eigenvalue weighted by atomic mass is 19.2. The minimum atomic E-state index is -1.29. The monoisotopic (exact) mass is 241 g/mol. The van der Waals surface area contributed by atoms with Gasteiger partial charge >= 0.3 is 5.97 Å². The van der Waals surface area contributed by atoms with Gasteiger partial charge < -0.3 is 14.9 Å². The zero-order chi connectivity index (χ0) is 12.6. The second-order valence-electron chi connectivity index (χ2n) is 3.37. The smallest absolute Gasteiger partial charge is 0.344 e. The lowest BCUT2D eigenvalue weighted by Crippen LogP contribution is -2.06. The molecule has 2 N–H and O–H groups in total. The molecule has 2 aromatic rings. The summed E-state index contributed by atoms with van der Waals surface area (Å²) in [6.45, 7) is 0.0680. The summed E-state index contributed by atoms with van der Waals surface area (Å²) in [7, 11) is 1.07. The Labute approximate surface area is 94.9 Å². The van der Waals surface area contributed by atoms with Crippen molar-refractivity contribution >= 4 is 16.9 Å². The number of ether oxygens (including phenoxy) is 1. The van der Waals surface area contributed by atoms with Gasteiger partial charge in [-0.25, -0.2) is 13.6 Å². The van der Waals surface area contributed by atoms with Crippen LogP contribution in [0.3, 0.4) is 0 Å². The van der Waals surface area contributed by atoms with Gasteiger partial charge in [-0.1, -0.05) is 0 Å². The molecule has 90 valence electrons. The van der Waals surface area contributed by atoms with E-state index in [1.807, 2.05) is 0 Å². The van der Waals surface area contributed by atoms with Gasteiger partial charge in [0.2, 0.25) is 0 Å². The highest BCUT2D eigenvalue weighted by Crippen LogP contribution is 2.27. The molecule has 0 atom stereocenters. The Morgan fingerprint density at radius 3 is 2.76 bits per heavy atom. The largest absolute Gasteiger partial charge is 0.465 e. The molecule has 1 aromatic carbocycles. The molecule has 1 heterocycles. The summed E-state index contributed by atoms with van der Waals surface area (Å²) >= 11 is 0. The third kappa shape index (κ3) is 1.76. The van der Waals surface area contributed by atoms with Crippen molar-refractivity contribution in [2.75, 3.05) is 7.11 Å². The molecule has 0 aliphatic carbocycles. The van der Waals surface area contributed by atoms with Crippen LogP contribution in [0.1, 0.15) is 16.1 Å². The summed E-state index contributed by atoms with van der Waals surface area (Å²) in [5.74, 6) is -3.09. The molecule has 1 aromatic heterocycles. The van der Waals surface area contributed by atoms with E-state index in [0.717, 1.165) is 13.2 Å². The number of benzene rings is 1.